The van der Waals surface area contributed by atoms with Gasteiger partial charge in [-0.2, -0.15) is 9.67 Å². The number of carbonyl (C=O) groups is 1. The summed E-state index contributed by atoms with van der Waals surface area (Å²) in [7, 11) is 1.58. The van der Waals surface area contributed by atoms with Crippen molar-refractivity contribution in [2.24, 2.45) is 0 Å². The first-order valence-corrected chi connectivity index (χ1v) is 12.2. The van der Waals surface area contributed by atoms with Crippen LogP contribution in [0.3, 0.4) is 0 Å². The predicted molar refractivity (Wildman–Crippen MR) is 143 cm³/mol. The van der Waals surface area contributed by atoms with Gasteiger partial charge in [0, 0.05) is 18.7 Å². The van der Waals surface area contributed by atoms with Gasteiger partial charge in [-0.15, -0.1) is 5.10 Å². The summed E-state index contributed by atoms with van der Waals surface area (Å²) < 4.78 is 17.5. The lowest BCUT2D eigenvalue weighted by Gasteiger charge is -2.08. The molecule has 2 N–H and O–H groups in total. The molecule has 0 aliphatic heterocycles. The van der Waals surface area contributed by atoms with Gasteiger partial charge in [-0.05, 0) is 73.5 Å². The van der Waals surface area contributed by atoms with Crippen LogP contribution in [0.25, 0.3) is 0 Å². The summed E-state index contributed by atoms with van der Waals surface area (Å²) in [5, 5.41) is 10.9. The number of aromatic nitrogens is 3. The number of carbonyl (C=O) groups excluding carboxylic acids is 1. The lowest BCUT2D eigenvalue weighted by Crippen LogP contribution is -2.17. The first-order chi connectivity index (χ1) is 18.1. The minimum Gasteiger partial charge on any atom is -0.497 e. The van der Waals surface area contributed by atoms with E-state index in [1.165, 1.54) is 4.68 Å². The van der Waals surface area contributed by atoms with Crippen molar-refractivity contribution in [3.8, 4) is 17.2 Å². The molecule has 0 fully saturated rings. The van der Waals surface area contributed by atoms with E-state index in [4.69, 9.17) is 14.2 Å². The van der Waals surface area contributed by atoms with Crippen molar-refractivity contribution in [2.45, 2.75) is 26.9 Å². The number of ether oxygens (including phenoxy) is 3. The first-order valence-electron chi connectivity index (χ1n) is 12.2. The van der Waals surface area contributed by atoms with E-state index in [1.807, 2.05) is 62.4 Å². The maximum absolute atomic E-state index is 13.3. The Hall–Kier alpha value is -4.53. The van der Waals surface area contributed by atoms with Crippen LogP contribution in [-0.2, 0) is 13.1 Å². The van der Waals surface area contributed by atoms with Gasteiger partial charge in [0.05, 0.1) is 20.3 Å². The summed E-state index contributed by atoms with van der Waals surface area (Å²) in [5.41, 5.74) is 2.51. The lowest BCUT2D eigenvalue weighted by molar-refractivity contribution is 0.0947. The SMILES string of the molecule is CCOc1ccc(CNc2nc(NCc3ccc(OCC)cc3)n(C(=O)c3ccc(OC)cc3)n2)cc1. The molecule has 0 aliphatic rings. The average Bonchev–Trinajstić information content (AvgIpc) is 3.35. The van der Waals surface area contributed by atoms with E-state index in [1.54, 1.807) is 31.4 Å². The smallest absolute Gasteiger partial charge is 0.281 e. The first kappa shape index (κ1) is 25.6. The van der Waals surface area contributed by atoms with E-state index in [9.17, 15) is 4.79 Å². The third-order valence-electron chi connectivity index (χ3n) is 5.51. The van der Waals surface area contributed by atoms with Gasteiger partial charge in [0.25, 0.3) is 5.91 Å². The molecule has 1 heterocycles. The predicted octanol–water partition coefficient (Wildman–Crippen LogP) is 5.00. The molecule has 0 atom stereocenters. The third kappa shape index (κ3) is 6.78. The Morgan fingerprint density at radius 3 is 1.78 bits per heavy atom. The van der Waals surface area contributed by atoms with Crippen molar-refractivity contribution >= 4 is 17.8 Å². The summed E-state index contributed by atoms with van der Waals surface area (Å²) >= 11 is 0. The Kier molecular flexibility index (Phi) is 8.59. The molecule has 9 nitrogen and oxygen atoms in total. The van der Waals surface area contributed by atoms with Gasteiger partial charge in [0.15, 0.2) is 0 Å². The van der Waals surface area contributed by atoms with Crippen LogP contribution in [0.4, 0.5) is 11.9 Å². The number of nitrogens with zero attached hydrogens (tertiary/aromatic N) is 3. The van der Waals surface area contributed by atoms with E-state index in [2.05, 4.69) is 20.7 Å². The number of hydrogen-bond donors (Lipinski definition) is 2. The largest absolute Gasteiger partial charge is 0.497 e. The van der Waals surface area contributed by atoms with Crippen LogP contribution in [0.5, 0.6) is 17.2 Å². The standard InChI is InChI=1S/C28H31N5O4/c1-4-36-24-12-6-20(7-13-24)18-29-27-31-28(30-19-21-8-14-25(15-9-21)37-5-2)33(32-27)26(34)22-10-16-23(35-3)17-11-22/h6-17H,4-5,18-19H2,1-3H3,(H2,29,30,31,32). The van der Waals surface area contributed by atoms with Crippen LogP contribution in [0, 0.1) is 0 Å². The fourth-order valence-electron chi connectivity index (χ4n) is 3.60. The van der Waals surface area contributed by atoms with Crippen molar-refractivity contribution in [3.63, 3.8) is 0 Å². The molecule has 0 unspecified atom stereocenters. The maximum Gasteiger partial charge on any atom is 0.281 e. The van der Waals surface area contributed by atoms with Gasteiger partial charge >= 0.3 is 0 Å². The highest BCUT2D eigenvalue weighted by molar-refractivity contribution is 5.97. The normalized spacial score (nSPS) is 10.6. The van der Waals surface area contributed by atoms with Crippen LogP contribution >= 0.6 is 0 Å². The maximum atomic E-state index is 13.3. The van der Waals surface area contributed by atoms with E-state index in [0.29, 0.717) is 49.5 Å². The molecule has 4 rings (SSSR count). The molecule has 0 amide bonds. The van der Waals surface area contributed by atoms with E-state index >= 15 is 0 Å². The highest BCUT2D eigenvalue weighted by atomic mass is 16.5. The van der Waals surface area contributed by atoms with Gasteiger partial charge in [-0.3, -0.25) is 4.79 Å². The highest BCUT2D eigenvalue weighted by Crippen LogP contribution is 2.19. The molecule has 1 aromatic heterocycles. The molecular formula is C28H31N5O4. The van der Waals surface area contributed by atoms with Crippen LogP contribution in [0.1, 0.15) is 35.3 Å². The number of methoxy groups -OCH3 is 1. The topological polar surface area (TPSA) is 99.5 Å². The van der Waals surface area contributed by atoms with Crippen LogP contribution in [-0.4, -0.2) is 41.0 Å². The van der Waals surface area contributed by atoms with Crippen molar-refractivity contribution in [1.82, 2.24) is 14.8 Å². The number of benzene rings is 3. The van der Waals surface area contributed by atoms with E-state index in [-0.39, 0.29) is 5.91 Å². The van der Waals surface area contributed by atoms with Crippen molar-refractivity contribution in [1.29, 1.82) is 0 Å². The van der Waals surface area contributed by atoms with Crippen molar-refractivity contribution < 1.29 is 19.0 Å². The third-order valence-corrected chi connectivity index (χ3v) is 5.51. The molecule has 192 valence electrons. The van der Waals surface area contributed by atoms with E-state index in [0.717, 1.165) is 22.6 Å². The van der Waals surface area contributed by atoms with Gasteiger partial charge in [0.1, 0.15) is 17.2 Å². The van der Waals surface area contributed by atoms with E-state index < -0.39 is 0 Å². The van der Waals surface area contributed by atoms with Gasteiger partial charge in [0.2, 0.25) is 11.9 Å². The molecule has 0 saturated carbocycles. The second-order valence-corrected chi connectivity index (χ2v) is 8.07. The highest BCUT2D eigenvalue weighted by Gasteiger charge is 2.18. The lowest BCUT2D eigenvalue weighted by atomic mass is 10.2. The Balaban J connectivity index is 1.51. The molecule has 3 aromatic carbocycles. The number of anilines is 2. The Morgan fingerprint density at radius 2 is 1.27 bits per heavy atom. The van der Waals surface area contributed by atoms with Crippen LogP contribution in [0.15, 0.2) is 72.8 Å². The number of hydrogen-bond acceptors (Lipinski definition) is 8. The zero-order chi connectivity index (χ0) is 26.0. The zero-order valence-electron chi connectivity index (χ0n) is 21.2. The minimum atomic E-state index is -0.307. The molecular weight excluding hydrogens is 470 g/mol. The van der Waals surface area contributed by atoms with Crippen molar-refractivity contribution in [2.75, 3.05) is 31.0 Å². The van der Waals surface area contributed by atoms with Gasteiger partial charge in [-0.1, -0.05) is 24.3 Å². The summed E-state index contributed by atoms with van der Waals surface area (Å²) in [6.07, 6.45) is 0. The monoisotopic (exact) mass is 501 g/mol. The summed E-state index contributed by atoms with van der Waals surface area (Å²) in [6, 6.07) is 22.4. The Morgan fingerprint density at radius 1 is 0.757 bits per heavy atom. The quantitative estimate of drug-likeness (QED) is 0.280. The molecule has 9 heteroatoms. The summed E-state index contributed by atoms with van der Waals surface area (Å²) in [4.78, 5) is 17.9. The second-order valence-electron chi connectivity index (χ2n) is 8.07. The molecule has 0 radical (unpaired) electrons. The fraction of sp³-hybridized carbons (Fsp3) is 0.250. The van der Waals surface area contributed by atoms with Gasteiger partial charge in [-0.25, -0.2) is 0 Å². The molecule has 0 aliphatic carbocycles. The van der Waals surface area contributed by atoms with Crippen LogP contribution in [0.2, 0.25) is 0 Å². The van der Waals surface area contributed by atoms with Crippen LogP contribution < -0.4 is 24.8 Å². The Bertz CT molecular complexity index is 1290. The molecule has 0 bridgehead atoms. The zero-order valence-corrected chi connectivity index (χ0v) is 21.2. The number of rotatable bonds is 12. The molecule has 37 heavy (non-hydrogen) atoms. The second kappa shape index (κ2) is 12.4. The molecule has 0 saturated heterocycles. The average molecular weight is 502 g/mol. The summed E-state index contributed by atoms with van der Waals surface area (Å²) in [6.45, 7) is 6.08. The fourth-order valence-corrected chi connectivity index (χ4v) is 3.60. The Labute approximate surface area is 216 Å². The summed E-state index contributed by atoms with van der Waals surface area (Å²) in [5.74, 6) is 2.67. The van der Waals surface area contributed by atoms with Gasteiger partial charge < -0.3 is 24.8 Å². The molecule has 4 aromatic rings. The molecule has 0 spiro atoms. The van der Waals surface area contributed by atoms with Crippen molar-refractivity contribution in [3.05, 3.63) is 89.5 Å². The number of nitrogens with one attached hydrogen (secondary N) is 2. The minimum absolute atomic E-state index is 0.307.